The van der Waals surface area contributed by atoms with E-state index in [1.807, 2.05) is 0 Å². The van der Waals surface area contributed by atoms with E-state index in [4.69, 9.17) is 17.3 Å². The summed E-state index contributed by atoms with van der Waals surface area (Å²) in [5.74, 6) is 0. The molecule has 2 aliphatic rings. The van der Waals surface area contributed by atoms with Crippen LogP contribution in [0, 0.1) is 0 Å². The molecule has 2 bridgehead atoms. The molecule has 2 heterocycles. The van der Waals surface area contributed by atoms with E-state index in [1.54, 1.807) is 10.4 Å². The van der Waals surface area contributed by atoms with Gasteiger partial charge in [-0.2, -0.15) is 4.31 Å². The van der Waals surface area contributed by atoms with Gasteiger partial charge in [0.05, 0.1) is 15.6 Å². The van der Waals surface area contributed by atoms with Gasteiger partial charge in [-0.15, -0.1) is 0 Å². The second-order valence-electron chi connectivity index (χ2n) is 5.89. The van der Waals surface area contributed by atoms with Crippen LogP contribution in [0.5, 0.6) is 0 Å². The van der Waals surface area contributed by atoms with Gasteiger partial charge < -0.3 is 5.73 Å². The van der Waals surface area contributed by atoms with Crippen LogP contribution in [0.2, 0.25) is 5.02 Å². The predicted molar refractivity (Wildman–Crippen MR) is 83.8 cm³/mol. The number of fused-ring (bicyclic) bond motifs is 2. The third kappa shape index (κ3) is 2.65. The number of nitrogen functional groups attached to an aromatic ring is 1. The first kappa shape index (κ1) is 15.1. The van der Waals surface area contributed by atoms with Gasteiger partial charge in [-0.1, -0.05) is 11.6 Å². The highest BCUT2D eigenvalue weighted by molar-refractivity contribution is 7.89. The Bertz CT molecular complexity index is 650. The van der Waals surface area contributed by atoms with Gasteiger partial charge in [0.2, 0.25) is 10.0 Å². The SMILES string of the molecule is CN1C2CCC1CN(S(=O)(=O)c1ccc(N)c(Cl)c1)CC2. The van der Waals surface area contributed by atoms with E-state index in [9.17, 15) is 8.42 Å². The van der Waals surface area contributed by atoms with Gasteiger partial charge in [0.25, 0.3) is 0 Å². The van der Waals surface area contributed by atoms with Crippen molar-refractivity contribution in [1.82, 2.24) is 9.21 Å². The Labute approximate surface area is 130 Å². The van der Waals surface area contributed by atoms with Gasteiger partial charge in [0, 0.05) is 25.2 Å². The molecule has 116 valence electrons. The summed E-state index contributed by atoms with van der Waals surface area (Å²) in [5, 5.41) is 0.282. The van der Waals surface area contributed by atoms with Crippen LogP contribution in [0.4, 0.5) is 5.69 Å². The zero-order valence-electron chi connectivity index (χ0n) is 12.0. The molecule has 2 N–H and O–H groups in total. The molecule has 3 rings (SSSR count). The summed E-state index contributed by atoms with van der Waals surface area (Å²) in [7, 11) is -1.41. The van der Waals surface area contributed by atoms with E-state index in [-0.39, 0.29) is 9.92 Å². The molecule has 2 saturated heterocycles. The summed E-state index contributed by atoms with van der Waals surface area (Å²) >= 11 is 5.96. The van der Waals surface area contributed by atoms with Gasteiger partial charge in [0.1, 0.15) is 0 Å². The molecule has 2 unspecified atom stereocenters. The number of sulfonamides is 1. The Morgan fingerprint density at radius 2 is 1.95 bits per heavy atom. The molecule has 2 atom stereocenters. The van der Waals surface area contributed by atoms with Crippen molar-refractivity contribution in [3.8, 4) is 0 Å². The average Bonchev–Trinajstić information content (AvgIpc) is 2.65. The minimum absolute atomic E-state index is 0.224. The van der Waals surface area contributed by atoms with E-state index in [0.29, 0.717) is 30.9 Å². The standard InChI is InChI=1S/C14H20ClN3O2S/c1-17-10-2-3-11(17)9-18(7-6-10)21(19,20)12-4-5-14(16)13(15)8-12/h4-5,8,10-11H,2-3,6-7,9,16H2,1H3. The highest BCUT2D eigenvalue weighted by Crippen LogP contribution is 2.32. The fraction of sp³-hybridized carbons (Fsp3) is 0.571. The normalized spacial score (nSPS) is 27.7. The van der Waals surface area contributed by atoms with Crippen molar-refractivity contribution < 1.29 is 8.42 Å². The van der Waals surface area contributed by atoms with Crippen LogP contribution < -0.4 is 5.73 Å². The third-order valence-corrected chi connectivity index (χ3v) is 6.91. The lowest BCUT2D eigenvalue weighted by molar-refractivity contribution is 0.246. The number of hydrogen-bond donors (Lipinski definition) is 1. The van der Waals surface area contributed by atoms with Crippen molar-refractivity contribution in [3.63, 3.8) is 0 Å². The van der Waals surface area contributed by atoms with Crippen molar-refractivity contribution >= 4 is 27.3 Å². The van der Waals surface area contributed by atoms with Crippen LogP contribution in [-0.4, -0.2) is 49.8 Å². The Morgan fingerprint density at radius 1 is 1.24 bits per heavy atom. The molecule has 21 heavy (non-hydrogen) atoms. The predicted octanol–water partition coefficient (Wildman–Crippen LogP) is 1.78. The minimum Gasteiger partial charge on any atom is -0.398 e. The number of halogens is 1. The molecular weight excluding hydrogens is 310 g/mol. The lowest BCUT2D eigenvalue weighted by atomic mass is 10.1. The summed E-state index contributed by atoms with van der Waals surface area (Å²) in [6.45, 7) is 1.12. The zero-order valence-corrected chi connectivity index (χ0v) is 13.6. The van der Waals surface area contributed by atoms with E-state index >= 15 is 0 Å². The van der Waals surface area contributed by atoms with Gasteiger partial charge in [0.15, 0.2) is 0 Å². The summed E-state index contributed by atoms with van der Waals surface area (Å²) in [6, 6.07) is 5.34. The van der Waals surface area contributed by atoms with Crippen molar-refractivity contribution in [3.05, 3.63) is 23.2 Å². The molecule has 5 nitrogen and oxygen atoms in total. The van der Waals surface area contributed by atoms with Crippen LogP contribution in [0.3, 0.4) is 0 Å². The number of nitrogens with two attached hydrogens (primary N) is 1. The molecule has 0 saturated carbocycles. The van der Waals surface area contributed by atoms with Gasteiger partial charge >= 0.3 is 0 Å². The molecular formula is C14H20ClN3O2S. The molecule has 2 aliphatic heterocycles. The van der Waals surface area contributed by atoms with Gasteiger partial charge in [-0.3, -0.25) is 4.90 Å². The second-order valence-corrected chi connectivity index (χ2v) is 8.23. The van der Waals surface area contributed by atoms with Crippen LogP contribution >= 0.6 is 11.6 Å². The lowest BCUT2D eigenvalue weighted by Gasteiger charge is -2.25. The number of anilines is 1. The maximum Gasteiger partial charge on any atom is 0.243 e. The van der Waals surface area contributed by atoms with Gasteiger partial charge in [-0.05, 0) is 44.5 Å². The maximum absolute atomic E-state index is 12.8. The summed E-state index contributed by atoms with van der Waals surface area (Å²) in [6.07, 6.45) is 3.12. The Morgan fingerprint density at radius 3 is 2.67 bits per heavy atom. The lowest BCUT2D eigenvalue weighted by Crippen LogP contribution is -2.39. The smallest absolute Gasteiger partial charge is 0.243 e. The maximum atomic E-state index is 12.8. The number of nitrogens with zero attached hydrogens (tertiary/aromatic N) is 2. The molecule has 2 fully saturated rings. The summed E-state index contributed by atoms with van der Waals surface area (Å²) in [4.78, 5) is 2.55. The molecule has 0 aromatic heterocycles. The van der Waals surface area contributed by atoms with Crippen molar-refractivity contribution in [2.45, 2.75) is 36.2 Å². The fourth-order valence-electron chi connectivity index (χ4n) is 3.31. The third-order valence-electron chi connectivity index (χ3n) is 4.72. The van der Waals surface area contributed by atoms with E-state index in [1.165, 1.54) is 18.6 Å². The van der Waals surface area contributed by atoms with Crippen molar-refractivity contribution in [1.29, 1.82) is 0 Å². The van der Waals surface area contributed by atoms with Crippen LogP contribution in [0.15, 0.2) is 23.1 Å². The first-order valence-corrected chi connectivity index (χ1v) is 8.98. The first-order chi connectivity index (χ1) is 9.89. The second kappa shape index (κ2) is 5.43. The molecule has 1 aromatic rings. The Kier molecular flexibility index (Phi) is 3.90. The first-order valence-electron chi connectivity index (χ1n) is 7.16. The molecule has 0 aliphatic carbocycles. The summed E-state index contributed by atoms with van der Waals surface area (Å²) < 4.78 is 27.2. The largest absolute Gasteiger partial charge is 0.398 e. The molecule has 0 amide bonds. The van der Waals surface area contributed by atoms with Gasteiger partial charge in [-0.25, -0.2) is 8.42 Å². The monoisotopic (exact) mass is 329 g/mol. The quantitative estimate of drug-likeness (QED) is 0.840. The number of likely N-dealkylation sites (N-methyl/N-ethyl adjacent to an activating group) is 1. The molecule has 1 aromatic carbocycles. The van der Waals surface area contributed by atoms with Crippen LogP contribution in [0.25, 0.3) is 0 Å². The number of benzene rings is 1. The Hall–Kier alpha value is -0.820. The fourth-order valence-corrected chi connectivity index (χ4v) is 5.08. The van der Waals surface area contributed by atoms with Crippen molar-refractivity contribution in [2.24, 2.45) is 0 Å². The highest BCUT2D eigenvalue weighted by Gasteiger charge is 2.38. The topological polar surface area (TPSA) is 66.6 Å². The highest BCUT2D eigenvalue weighted by atomic mass is 35.5. The summed E-state index contributed by atoms with van der Waals surface area (Å²) in [5.41, 5.74) is 6.05. The number of rotatable bonds is 2. The van der Waals surface area contributed by atoms with Crippen molar-refractivity contribution in [2.75, 3.05) is 25.9 Å². The molecule has 0 spiro atoms. The molecule has 7 heteroatoms. The minimum atomic E-state index is -3.50. The molecule has 0 radical (unpaired) electrons. The van der Waals surface area contributed by atoms with E-state index in [2.05, 4.69) is 11.9 Å². The van der Waals surface area contributed by atoms with Crippen LogP contribution in [0.1, 0.15) is 19.3 Å². The number of hydrogen-bond acceptors (Lipinski definition) is 4. The average molecular weight is 330 g/mol. The zero-order chi connectivity index (χ0) is 15.2. The Balaban J connectivity index is 1.89. The van der Waals surface area contributed by atoms with E-state index < -0.39 is 10.0 Å². The van der Waals surface area contributed by atoms with E-state index in [0.717, 1.165) is 12.8 Å². The van der Waals surface area contributed by atoms with Crippen LogP contribution in [-0.2, 0) is 10.0 Å².